The molecule has 0 saturated heterocycles. The maximum absolute atomic E-state index is 12.7. The van der Waals surface area contributed by atoms with Crippen LogP contribution in [0.25, 0.3) is 0 Å². The van der Waals surface area contributed by atoms with Crippen molar-refractivity contribution < 1.29 is 18.7 Å². The monoisotopic (exact) mass is 426 g/mol. The maximum Gasteiger partial charge on any atom is 0.305 e. The Kier molecular flexibility index (Phi) is 6.00. The van der Waals surface area contributed by atoms with Crippen molar-refractivity contribution in [3.05, 3.63) is 52.5 Å². The number of hydrogen-bond donors (Lipinski definition) is 4. The second-order valence-corrected chi connectivity index (χ2v) is 8.05. The number of methoxy groups -OCH3 is 1. The molecule has 1 aliphatic carbocycles. The van der Waals surface area contributed by atoms with E-state index in [1.54, 1.807) is 31.2 Å². The maximum atomic E-state index is 12.7. The normalized spacial score (nSPS) is 15.7. The molecule has 31 heavy (non-hydrogen) atoms. The molecular formula is C21H26N6O4. The average Bonchev–Trinajstić information content (AvgIpc) is 3.04. The molecule has 3 rings (SSSR count). The zero-order valence-electron chi connectivity index (χ0n) is 17.9. The van der Waals surface area contributed by atoms with Gasteiger partial charge in [-0.05, 0) is 30.9 Å². The van der Waals surface area contributed by atoms with Gasteiger partial charge in [0.25, 0.3) is 5.91 Å². The van der Waals surface area contributed by atoms with E-state index < -0.39 is 11.8 Å². The molecule has 1 heterocycles. The van der Waals surface area contributed by atoms with Gasteiger partial charge in [0.1, 0.15) is 11.5 Å². The molecule has 0 fully saturated rings. The number of fused-ring (bicyclic) bond motifs is 1. The van der Waals surface area contributed by atoms with Crippen LogP contribution in [-0.4, -0.2) is 30.6 Å². The lowest BCUT2D eigenvalue weighted by atomic mass is 9.75. The summed E-state index contributed by atoms with van der Waals surface area (Å²) < 4.78 is 11.0. The van der Waals surface area contributed by atoms with Crippen molar-refractivity contribution in [1.82, 2.24) is 10.9 Å². The molecule has 0 spiro atoms. The summed E-state index contributed by atoms with van der Waals surface area (Å²) in [5, 5.41) is 7.93. The van der Waals surface area contributed by atoms with Crippen LogP contribution in [0.2, 0.25) is 0 Å². The number of guanidine groups is 1. The predicted octanol–water partition coefficient (Wildman–Crippen LogP) is 1.62. The van der Waals surface area contributed by atoms with Gasteiger partial charge >= 0.3 is 5.91 Å². The number of carbonyl (C=O) groups excluding carboxylic acids is 2. The number of amides is 2. The molecule has 0 aliphatic heterocycles. The third-order valence-corrected chi connectivity index (χ3v) is 4.93. The van der Waals surface area contributed by atoms with Gasteiger partial charge in [0.2, 0.25) is 5.96 Å². The molecule has 10 nitrogen and oxygen atoms in total. The van der Waals surface area contributed by atoms with Crippen LogP contribution < -0.4 is 27.1 Å². The molecule has 10 heteroatoms. The van der Waals surface area contributed by atoms with Crippen LogP contribution in [0.15, 0.2) is 38.9 Å². The van der Waals surface area contributed by atoms with Crippen LogP contribution in [0.1, 0.15) is 58.1 Å². The van der Waals surface area contributed by atoms with Crippen molar-refractivity contribution >= 4 is 23.5 Å². The van der Waals surface area contributed by atoms with E-state index in [2.05, 4.69) is 34.9 Å². The largest absolute Gasteiger partial charge is 0.496 e. The van der Waals surface area contributed by atoms with Crippen LogP contribution >= 0.6 is 0 Å². The van der Waals surface area contributed by atoms with Gasteiger partial charge in [-0.3, -0.25) is 20.4 Å². The quantitative estimate of drug-likeness (QED) is 0.330. The highest BCUT2D eigenvalue weighted by molar-refractivity contribution is 6.07. The van der Waals surface area contributed by atoms with E-state index >= 15 is 0 Å². The lowest BCUT2D eigenvalue weighted by Crippen LogP contribution is -2.41. The first kappa shape index (κ1) is 21.9. The van der Waals surface area contributed by atoms with Crippen LogP contribution in [0, 0.1) is 12.3 Å². The average molecular weight is 426 g/mol. The van der Waals surface area contributed by atoms with E-state index in [-0.39, 0.29) is 22.7 Å². The fourth-order valence-corrected chi connectivity index (χ4v) is 3.60. The molecule has 6 N–H and O–H groups in total. The number of hydrogen-bond acceptors (Lipinski definition) is 6. The number of benzene rings is 1. The summed E-state index contributed by atoms with van der Waals surface area (Å²) >= 11 is 0. The Morgan fingerprint density at radius 2 is 1.81 bits per heavy atom. The van der Waals surface area contributed by atoms with E-state index in [4.69, 9.17) is 20.6 Å². The van der Waals surface area contributed by atoms with Crippen LogP contribution in [0.4, 0.5) is 0 Å². The molecule has 0 radical (unpaired) electrons. The Hall–Kier alpha value is -3.82. The number of para-hydroxylation sites is 1. The van der Waals surface area contributed by atoms with Gasteiger partial charge in [0, 0.05) is 17.5 Å². The van der Waals surface area contributed by atoms with Gasteiger partial charge in [0.15, 0.2) is 5.76 Å². The molecule has 0 unspecified atom stereocenters. The Morgan fingerprint density at radius 3 is 2.48 bits per heavy atom. The van der Waals surface area contributed by atoms with Crippen molar-refractivity contribution in [3.63, 3.8) is 0 Å². The Labute approximate surface area is 179 Å². The molecule has 1 aromatic heterocycles. The minimum atomic E-state index is -0.589. The highest BCUT2D eigenvalue weighted by Gasteiger charge is 2.36. The van der Waals surface area contributed by atoms with E-state index in [0.717, 1.165) is 0 Å². The molecule has 0 atom stereocenters. The number of furan rings is 1. The summed E-state index contributed by atoms with van der Waals surface area (Å²) in [6.45, 7) is 5.88. The Morgan fingerprint density at radius 1 is 1.13 bits per heavy atom. The SMILES string of the molecule is COc1ccccc1C(=O)NNC(=O)c1oc2c(c1C)/C(=N\N=C(N)N)CC(C)(C)C2. The smallest absolute Gasteiger partial charge is 0.305 e. The van der Waals surface area contributed by atoms with Gasteiger partial charge in [-0.15, -0.1) is 5.10 Å². The fourth-order valence-electron chi connectivity index (χ4n) is 3.60. The van der Waals surface area contributed by atoms with Gasteiger partial charge in [-0.2, -0.15) is 5.10 Å². The number of nitrogens with one attached hydrogen (secondary N) is 2. The topological polar surface area (TPSA) is 157 Å². The second kappa shape index (κ2) is 8.50. The molecular weight excluding hydrogens is 400 g/mol. The Bertz CT molecular complexity index is 1080. The molecule has 164 valence electrons. The molecule has 1 aromatic carbocycles. The van der Waals surface area contributed by atoms with Crippen LogP contribution in [-0.2, 0) is 6.42 Å². The molecule has 1 aliphatic rings. The van der Waals surface area contributed by atoms with Crippen molar-refractivity contribution in [2.45, 2.75) is 33.6 Å². The van der Waals surface area contributed by atoms with Crippen molar-refractivity contribution in [3.8, 4) is 5.75 Å². The zero-order valence-corrected chi connectivity index (χ0v) is 17.9. The third-order valence-electron chi connectivity index (χ3n) is 4.93. The van der Waals surface area contributed by atoms with Gasteiger partial charge in [0.05, 0.1) is 18.4 Å². The number of hydrazine groups is 1. The lowest BCUT2D eigenvalue weighted by molar-refractivity contribution is 0.0827. The first-order valence-corrected chi connectivity index (χ1v) is 9.64. The highest BCUT2D eigenvalue weighted by Crippen LogP contribution is 2.38. The van der Waals surface area contributed by atoms with Crippen molar-refractivity contribution in [1.29, 1.82) is 0 Å². The predicted molar refractivity (Wildman–Crippen MR) is 116 cm³/mol. The number of nitrogens with two attached hydrogens (primary N) is 2. The molecule has 2 amide bonds. The summed E-state index contributed by atoms with van der Waals surface area (Å²) in [4.78, 5) is 25.2. The fraction of sp³-hybridized carbons (Fsp3) is 0.333. The number of rotatable bonds is 4. The summed E-state index contributed by atoms with van der Waals surface area (Å²) in [5.74, 6) is -0.165. The van der Waals surface area contributed by atoms with Gasteiger partial charge in [-0.1, -0.05) is 26.0 Å². The first-order chi connectivity index (χ1) is 14.6. The Balaban J connectivity index is 1.84. The van der Waals surface area contributed by atoms with Crippen LogP contribution in [0.3, 0.4) is 0 Å². The zero-order chi connectivity index (χ0) is 22.8. The highest BCUT2D eigenvalue weighted by atomic mass is 16.5. The standard InChI is InChI=1S/C21H26N6O4/c1-11-16-13(24-27-20(22)23)9-21(2,3)10-15(16)31-17(11)19(29)26-25-18(28)12-7-5-6-8-14(12)30-4/h5-8H,9-10H2,1-4H3,(H,25,28)(H,26,29)(H4,22,23,27)/b24-13-. The van der Waals surface area contributed by atoms with Crippen molar-refractivity contribution in [2.24, 2.45) is 27.1 Å². The van der Waals surface area contributed by atoms with Crippen LogP contribution in [0.5, 0.6) is 5.75 Å². The summed E-state index contributed by atoms with van der Waals surface area (Å²) in [6, 6.07) is 6.68. The van der Waals surface area contributed by atoms with E-state index in [9.17, 15) is 9.59 Å². The molecule has 0 saturated carbocycles. The van der Waals surface area contributed by atoms with E-state index in [0.29, 0.717) is 41.2 Å². The molecule has 0 bridgehead atoms. The first-order valence-electron chi connectivity index (χ1n) is 9.64. The minimum absolute atomic E-state index is 0.0837. The number of nitrogens with zero attached hydrogens (tertiary/aromatic N) is 2. The minimum Gasteiger partial charge on any atom is -0.496 e. The second-order valence-electron chi connectivity index (χ2n) is 8.05. The summed E-state index contributed by atoms with van der Waals surface area (Å²) in [7, 11) is 1.46. The summed E-state index contributed by atoms with van der Waals surface area (Å²) in [6.07, 6.45) is 1.23. The summed E-state index contributed by atoms with van der Waals surface area (Å²) in [5.41, 5.74) is 17.7. The van der Waals surface area contributed by atoms with Crippen molar-refractivity contribution in [2.75, 3.05) is 7.11 Å². The van der Waals surface area contributed by atoms with Gasteiger partial charge < -0.3 is 20.6 Å². The van der Waals surface area contributed by atoms with E-state index in [1.165, 1.54) is 7.11 Å². The van der Waals surface area contributed by atoms with Gasteiger partial charge in [-0.25, -0.2) is 0 Å². The number of ether oxygens (including phenoxy) is 1. The third kappa shape index (κ3) is 4.68. The number of carbonyl (C=O) groups is 2. The lowest BCUT2D eigenvalue weighted by Gasteiger charge is -2.29. The molecule has 2 aromatic rings. The van der Waals surface area contributed by atoms with E-state index in [1.807, 2.05) is 0 Å².